The second-order valence-electron chi connectivity index (χ2n) is 3.27. The number of nitrogens with one attached hydrogen (secondary N) is 1. The van der Waals surface area contributed by atoms with Gasteiger partial charge in [-0.2, -0.15) is 5.26 Å². The molecule has 1 atom stereocenters. The molecular weight excluding hydrogens is 136 g/mol. The zero-order valence-corrected chi connectivity index (χ0v) is 7.72. The van der Waals surface area contributed by atoms with E-state index in [9.17, 15) is 0 Å². The van der Waals surface area contributed by atoms with Gasteiger partial charge in [0, 0.05) is 0 Å². The van der Waals surface area contributed by atoms with Crippen LogP contribution in [0.1, 0.15) is 33.6 Å². The van der Waals surface area contributed by atoms with Crippen LogP contribution < -0.4 is 5.32 Å². The van der Waals surface area contributed by atoms with E-state index in [4.69, 9.17) is 5.26 Å². The maximum Gasteiger partial charge on any atom is 0.0955 e. The van der Waals surface area contributed by atoms with E-state index in [-0.39, 0.29) is 6.04 Å². The van der Waals surface area contributed by atoms with Crippen LogP contribution in [0.2, 0.25) is 0 Å². The summed E-state index contributed by atoms with van der Waals surface area (Å²) in [5, 5.41) is 11.9. The summed E-state index contributed by atoms with van der Waals surface area (Å²) < 4.78 is 0. The third kappa shape index (κ3) is 5.87. The minimum absolute atomic E-state index is 0.0509. The molecule has 0 aliphatic carbocycles. The number of rotatable bonds is 5. The number of nitriles is 1. The molecule has 0 aliphatic rings. The van der Waals surface area contributed by atoms with E-state index in [0.29, 0.717) is 5.92 Å². The summed E-state index contributed by atoms with van der Waals surface area (Å²) in [4.78, 5) is 0. The van der Waals surface area contributed by atoms with Gasteiger partial charge in [0.1, 0.15) is 0 Å². The molecule has 11 heavy (non-hydrogen) atoms. The van der Waals surface area contributed by atoms with Crippen molar-refractivity contribution in [3.05, 3.63) is 0 Å². The fourth-order valence-electron chi connectivity index (χ4n) is 0.972. The molecule has 0 unspecified atom stereocenters. The minimum Gasteiger partial charge on any atom is -0.302 e. The monoisotopic (exact) mass is 154 g/mol. The molecule has 0 aromatic carbocycles. The average Bonchev–Trinajstić information content (AvgIpc) is 1.97. The molecule has 0 spiro atoms. The van der Waals surface area contributed by atoms with Crippen molar-refractivity contribution in [3.63, 3.8) is 0 Å². The van der Waals surface area contributed by atoms with Crippen molar-refractivity contribution in [1.29, 1.82) is 5.26 Å². The molecule has 0 radical (unpaired) electrons. The van der Waals surface area contributed by atoms with Gasteiger partial charge in [-0.1, -0.05) is 20.8 Å². The Bertz CT molecular complexity index is 124. The van der Waals surface area contributed by atoms with E-state index in [1.165, 1.54) is 0 Å². The van der Waals surface area contributed by atoms with Gasteiger partial charge in [-0.25, -0.2) is 0 Å². The highest BCUT2D eigenvalue weighted by molar-refractivity contribution is 4.89. The molecule has 1 N–H and O–H groups in total. The van der Waals surface area contributed by atoms with E-state index in [1.54, 1.807) is 0 Å². The van der Waals surface area contributed by atoms with Crippen molar-refractivity contribution < 1.29 is 0 Å². The molecule has 0 saturated carbocycles. The normalized spacial score (nSPS) is 13.0. The highest BCUT2D eigenvalue weighted by Gasteiger charge is 2.06. The first-order chi connectivity index (χ1) is 5.20. The third-order valence-electron chi connectivity index (χ3n) is 1.50. The number of hydrogen-bond donors (Lipinski definition) is 1. The first-order valence-corrected chi connectivity index (χ1v) is 4.33. The van der Waals surface area contributed by atoms with Gasteiger partial charge in [0.25, 0.3) is 0 Å². The summed E-state index contributed by atoms with van der Waals surface area (Å²) in [6.07, 6.45) is 2.05. The summed E-state index contributed by atoms with van der Waals surface area (Å²) >= 11 is 0. The molecular formula is C9H18N2. The van der Waals surface area contributed by atoms with E-state index in [0.717, 1.165) is 19.4 Å². The van der Waals surface area contributed by atoms with Crippen LogP contribution in [-0.2, 0) is 0 Å². The molecule has 0 amide bonds. The lowest BCUT2D eigenvalue weighted by molar-refractivity contribution is 0.479. The highest BCUT2D eigenvalue weighted by Crippen LogP contribution is 2.03. The first-order valence-electron chi connectivity index (χ1n) is 4.33. The molecule has 0 aliphatic heterocycles. The minimum atomic E-state index is 0.0509. The molecule has 0 fully saturated rings. The Labute approximate surface area is 69.6 Å². The van der Waals surface area contributed by atoms with Crippen molar-refractivity contribution in [2.75, 3.05) is 6.54 Å². The van der Waals surface area contributed by atoms with Gasteiger partial charge < -0.3 is 5.32 Å². The first kappa shape index (κ1) is 10.4. The molecule has 0 aromatic rings. The van der Waals surface area contributed by atoms with Crippen molar-refractivity contribution >= 4 is 0 Å². The summed E-state index contributed by atoms with van der Waals surface area (Å²) in [5.74, 6) is 0.601. The van der Waals surface area contributed by atoms with Crippen LogP contribution in [0.4, 0.5) is 0 Å². The quantitative estimate of drug-likeness (QED) is 0.656. The molecule has 2 nitrogen and oxygen atoms in total. The Kier molecular flexibility index (Phi) is 5.87. The second-order valence-corrected chi connectivity index (χ2v) is 3.27. The molecule has 0 bridgehead atoms. The van der Waals surface area contributed by atoms with E-state index < -0.39 is 0 Å². The van der Waals surface area contributed by atoms with Crippen LogP contribution in [0.3, 0.4) is 0 Å². The van der Waals surface area contributed by atoms with Crippen molar-refractivity contribution in [2.24, 2.45) is 5.92 Å². The molecule has 64 valence electrons. The van der Waals surface area contributed by atoms with Crippen LogP contribution in [0.5, 0.6) is 0 Å². The van der Waals surface area contributed by atoms with Crippen LogP contribution in [0, 0.1) is 17.2 Å². The number of hydrogen-bond acceptors (Lipinski definition) is 2. The average molecular weight is 154 g/mol. The largest absolute Gasteiger partial charge is 0.302 e. The summed E-state index contributed by atoms with van der Waals surface area (Å²) in [6.45, 7) is 7.33. The van der Waals surface area contributed by atoms with Crippen LogP contribution >= 0.6 is 0 Å². The van der Waals surface area contributed by atoms with Gasteiger partial charge >= 0.3 is 0 Å². The van der Waals surface area contributed by atoms with E-state index >= 15 is 0 Å². The number of nitrogens with zero attached hydrogens (tertiary/aromatic N) is 1. The Morgan fingerprint density at radius 2 is 2.09 bits per heavy atom. The van der Waals surface area contributed by atoms with Gasteiger partial charge in [0.05, 0.1) is 12.1 Å². The fraction of sp³-hybridized carbons (Fsp3) is 0.889. The van der Waals surface area contributed by atoms with Gasteiger partial charge in [0.2, 0.25) is 0 Å². The fourth-order valence-corrected chi connectivity index (χ4v) is 0.972. The lowest BCUT2D eigenvalue weighted by atomic mass is 10.1. The lowest BCUT2D eigenvalue weighted by Crippen LogP contribution is -2.29. The smallest absolute Gasteiger partial charge is 0.0955 e. The van der Waals surface area contributed by atoms with E-state index in [2.05, 4.69) is 32.2 Å². The van der Waals surface area contributed by atoms with Crippen LogP contribution in [0.15, 0.2) is 0 Å². The Balaban J connectivity index is 3.52. The van der Waals surface area contributed by atoms with Crippen LogP contribution in [0.25, 0.3) is 0 Å². The van der Waals surface area contributed by atoms with Crippen molar-refractivity contribution in [3.8, 4) is 6.07 Å². The molecule has 0 aromatic heterocycles. The van der Waals surface area contributed by atoms with Crippen LogP contribution in [-0.4, -0.2) is 12.6 Å². The van der Waals surface area contributed by atoms with Crippen molar-refractivity contribution in [1.82, 2.24) is 5.32 Å². The van der Waals surface area contributed by atoms with E-state index in [1.807, 2.05) is 0 Å². The zero-order chi connectivity index (χ0) is 8.69. The summed E-state index contributed by atoms with van der Waals surface area (Å²) in [6, 6.07) is 2.31. The molecule has 0 rings (SSSR count). The zero-order valence-electron chi connectivity index (χ0n) is 7.72. The topological polar surface area (TPSA) is 35.8 Å². The second kappa shape index (κ2) is 6.18. The third-order valence-corrected chi connectivity index (χ3v) is 1.50. The molecule has 2 heteroatoms. The van der Waals surface area contributed by atoms with Gasteiger partial charge in [-0.15, -0.1) is 0 Å². The maximum atomic E-state index is 8.69. The Morgan fingerprint density at radius 1 is 1.45 bits per heavy atom. The predicted molar refractivity (Wildman–Crippen MR) is 47.1 cm³/mol. The predicted octanol–water partition coefficient (Wildman–Crippen LogP) is 1.92. The lowest BCUT2D eigenvalue weighted by Gasteiger charge is -2.12. The summed E-state index contributed by atoms with van der Waals surface area (Å²) in [5.41, 5.74) is 0. The summed E-state index contributed by atoms with van der Waals surface area (Å²) in [7, 11) is 0. The standard InChI is InChI=1S/C9H18N2/c1-4-5-11-9(7-10)6-8(2)3/h8-9,11H,4-6H2,1-3H3/t9-/m0/s1. The molecule has 0 saturated heterocycles. The maximum absolute atomic E-state index is 8.69. The Hall–Kier alpha value is -0.550. The SMILES string of the molecule is CCCN[C@H](C#N)CC(C)C. The highest BCUT2D eigenvalue weighted by atomic mass is 14.9. The molecule has 0 heterocycles. The van der Waals surface area contributed by atoms with Gasteiger partial charge in [-0.05, 0) is 25.3 Å². The van der Waals surface area contributed by atoms with Crippen molar-refractivity contribution in [2.45, 2.75) is 39.7 Å². The van der Waals surface area contributed by atoms with Gasteiger partial charge in [-0.3, -0.25) is 0 Å². The Morgan fingerprint density at radius 3 is 2.45 bits per heavy atom. The van der Waals surface area contributed by atoms with Gasteiger partial charge in [0.15, 0.2) is 0 Å².